The van der Waals surface area contributed by atoms with Crippen molar-refractivity contribution < 1.29 is 4.79 Å². The number of carbonyl (C=O) groups excluding carboxylic acids is 1. The number of hydrogen-bond donors (Lipinski definition) is 2. The average molecular weight is 319 g/mol. The molecular weight excluding hydrogens is 300 g/mol. The molecule has 6 heteroatoms. The maximum Gasteiger partial charge on any atom is 0.274 e. The van der Waals surface area contributed by atoms with Gasteiger partial charge in [-0.2, -0.15) is 5.10 Å². The number of halogens is 1. The van der Waals surface area contributed by atoms with Crippen LogP contribution in [0.15, 0.2) is 24.3 Å². The Hall–Kier alpha value is -1.85. The first-order chi connectivity index (χ1) is 10.6. The number of carbonyl (C=O) groups is 1. The maximum absolute atomic E-state index is 12.7. The molecule has 2 N–H and O–H groups in total. The first-order valence-corrected chi connectivity index (χ1v) is 7.75. The van der Waals surface area contributed by atoms with Crippen molar-refractivity contribution in [2.45, 2.75) is 25.9 Å². The molecule has 1 aromatic carbocycles. The molecule has 1 aromatic heterocycles. The molecule has 1 atom stereocenters. The van der Waals surface area contributed by atoms with E-state index in [1.165, 1.54) is 0 Å². The van der Waals surface area contributed by atoms with Crippen molar-refractivity contribution in [3.8, 4) is 0 Å². The van der Waals surface area contributed by atoms with Gasteiger partial charge in [0.05, 0.1) is 6.04 Å². The molecule has 2 heterocycles. The van der Waals surface area contributed by atoms with Gasteiger partial charge in [0.25, 0.3) is 5.91 Å². The molecule has 116 valence electrons. The fourth-order valence-electron chi connectivity index (χ4n) is 2.71. The Labute approximate surface area is 134 Å². The monoisotopic (exact) mass is 318 g/mol. The minimum atomic E-state index is -0.0661. The van der Waals surface area contributed by atoms with Crippen LogP contribution in [0.3, 0.4) is 0 Å². The average Bonchev–Trinajstić information content (AvgIpc) is 2.97. The summed E-state index contributed by atoms with van der Waals surface area (Å²) >= 11 is 5.92. The van der Waals surface area contributed by atoms with E-state index in [0.717, 1.165) is 29.8 Å². The Morgan fingerprint density at radius 2 is 2.09 bits per heavy atom. The number of nitrogens with one attached hydrogen (secondary N) is 2. The lowest BCUT2D eigenvalue weighted by Gasteiger charge is -2.25. The normalized spacial score (nSPS) is 15.2. The number of fused-ring (bicyclic) bond motifs is 1. The number of nitrogens with zero attached hydrogens (tertiary/aromatic N) is 2. The molecular formula is C16H19ClN4O. The fraction of sp³-hybridized carbons (Fsp3) is 0.375. The SMILES string of the molecule is CC(c1ccc(Cl)cc1)N(C)C(=O)c1n[nH]c2c1CNCC2. The van der Waals surface area contributed by atoms with E-state index in [2.05, 4.69) is 15.5 Å². The zero-order chi connectivity index (χ0) is 15.7. The van der Waals surface area contributed by atoms with Crippen molar-refractivity contribution in [2.24, 2.45) is 0 Å². The van der Waals surface area contributed by atoms with Gasteiger partial charge < -0.3 is 10.2 Å². The van der Waals surface area contributed by atoms with Gasteiger partial charge >= 0.3 is 0 Å². The summed E-state index contributed by atoms with van der Waals surface area (Å²) in [7, 11) is 1.80. The largest absolute Gasteiger partial charge is 0.334 e. The number of benzene rings is 1. The number of aromatic nitrogens is 2. The fourth-order valence-corrected chi connectivity index (χ4v) is 2.84. The number of H-pyrrole nitrogens is 1. The Morgan fingerprint density at radius 3 is 2.82 bits per heavy atom. The molecule has 22 heavy (non-hydrogen) atoms. The zero-order valence-corrected chi connectivity index (χ0v) is 13.4. The van der Waals surface area contributed by atoms with Crippen LogP contribution >= 0.6 is 11.6 Å². The number of rotatable bonds is 3. The summed E-state index contributed by atoms with van der Waals surface area (Å²) in [5.74, 6) is -0.0661. The van der Waals surface area contributed by atoms with Gasteiger partial charge in [-0.05, 0) is 24.6 Å². The number of amides is 1. The van der Waals surface area contributed by atoms with Gasteiger partial charge in [0.15, 0.2) is 5.69 Å². The molecule has 0 saturated carbocycles. The van der Waals surface area contributed by atoms with Crippen LogP contribution in [-0.4, -0.2) is 34.6 Å². The molecule has 1 aliphatic heterocycles. The van der Waals surface area contributed by atoms with Crippen LogP contribution in [0.2, 0.25) is 5.02 Å². The first kappa shape index (κ1) is 15.1. The molecule has 0 fully saturated rings. The van der Waals surface area contributed by atoms with Crippen molar-refractivity contribution in [2.75, 3.05) is 13.6 Å². The van der Waals surface area contributed by atoms with Crippen LogP contribution in [0.4, 0.5) is 0 Å². The first-order valence-electron chi connectivity index (χ1n) is 7.37. The van der Waals surface area contributed by atoms with Gasteiger partial charge in [-0.15, -0.1) is 0 Å². The van der Waals surface area contributed by atoms with Crippen LogP contribution in [0, 0.1) is 0 Å². The van der Waals surface area contributed by atoms with E-state index in [4.69, 9.17) is 11.6 Å². The van der Waals surface area contributed by atoms with Crippen LogP contribution in [0.5, 0.6) is 0 Å². The minimum Gasteiger partial charge on any atom is -0.334 e. The lowest BCUT2D eigenvalue weighted by atomic mass is 10.0. The topological polar surface area (TPSA) is 61.0 Å². The molecule has 2 aromatic rings. The van der Waals surface area contributed by atoms with Crippen LogP contribution < -0.4 is 5.32 Å². The molecule has 0 saturated heterocycles. The summed E-state index contributed by atoms with van der Waals surface area (Å²) in [5, 5.41) is 11.2. The standard InChI is InChI=1S/C16H19ClN4O/c1-10(11-3-5-12(17)6-4-11)21(2)16(22)15-13-9-18-8-7-14(13)19-20-15/h3-6,10,18H,7-9H2,1-2H3,(H,19,20). The highest BCUT2D eigenvalue weighted by Crippen LogP contribution is 2.24. The van der Waals surface area contributed by atoms with Crippen molar-refractivity contribution in [1.82, 2.24) is 20.4 Å². The lowest BCUT2D eigenvalue weighted by Crippen LogP contribution is -2.32. The summed E-state index contributed by atoms with van der Waals surface area (Å²) in [5.41, 5.74) is 3.62. The molecule has 0 radical (unpaired) electrons. The van der Waals surface area contributed by atoms with Gasteiger partial charge in [-0.1, -0.05) is 23.7 Å². The maximum atomic E-state index is 12.7. The van der Waals surface area contributed by atoms with E-state index in [1.54, 1.807) is 11.9 Å². The third-order valence-electron chi connectivity index (χ3n) is 4.26. The van der Waals surface area contributed by atoms with Crippen molar-refractivity contribution in [1.29, 1.82) is 0 Å². The summed E-state index contributed by atoms with van der Waals surface area (Å²) < 4.78 is 0. The van der Waals surface area contributed by atoms with Gasteiger partial charge in [0.2, 0.25) is 0 Å². The third kappa shape index (κ3) is 2.74. The van der Waals surface area contributed by atoms with Crippen LogP contribution in [-0.2, 0) is 13.0 Å². The smallest absolute Gasteiger partial charge is 0.274 e. The highest BCUT2D eigenvalue weighted by atomic mass is 35.5. The second-order valence-electron chi connectivity index (χ2n) is 5.60. The minimum absolute atomic E-state index is 0.0475. The molecule has 0 spiro atoms. The predicted molar refractivity (Wildman–Crippen MR) is 86.0 cm³/mol. The number of aromatic amines is 1. The van der Waals surface area contributed by atoms with Crippen LogP contribution in [0.1, 0.15) is 40.3 Å². The van der Waals surface area contributed by atoms with E-state index in [-0.39, 0.29) is 11.9 Å². The second kappa shape index (κ2) is 6.10. The Balaban J connectivity index is 1.82. The van der Waals surface area contributed by atoms with Crippen molar-refractivity contribution in [3.05, 3.63) is 51.8 Å². The quantitative estimate of drug-likeness (QED) is 0.914. The Morgan fingerprint density at radius 1 is 1.36 bits per heavy atom. The lowest BCUT2D eigenvalue weighted by molar-refractivity contribution is 0.0735. The van der Waals surface area contributed by atoms with E-state index in [9.17, 15) is 4.79 Å². The van der Waals surface area contributed by atoms with Gasteiger partial charge in [-0.25, -0.2) is 0 Å². The Bertz CT molecular complexity index is 680. The zero-order valence-electron chi connectivity index (χ0n) is 12.7. The molecule has 5 nitrogen and oxygen atoms in total. The van der Waals surface area contributed by atoms with E-state index < -0.39 is 0 Å². The highest BCUT2D eigenvalue weighted by Gasteiger charge is 2.26. The summed E-state index contributed by atoms with van der Waals surface area (Å²) in [6.07, 6.45) is 0.881. The van der Waals surface area contributed by atoms with E-state index >= 15 is 0 Å². The summed E-state index contributed by atoms with van der Waals surface area (Å²) in [6.45, 7) is 3.61. The summed E-state index contributed by atoms with van der Waals surface area (Å²) in [4.78, 5) is 14.5. The second-order valence-corrected chi connectivity index (χ2v) is 6.04. The van der Waals surface area contributed by atoms with Gasteiger partial charge in [-0.3, -0.25) is 9.89 Å². The number of hydrogen-bond acceptors (Lipinski definition) is 3. The molecule has 0 aliphatic carbocycles. The van der Waals surface area contributed by atoms with Gasteiger partial charge in [0, 0.05) is 42.8 Å². The van der Waals surface area contributed by atoms with Crippen molar-refractivity contribution >= 4 is 17.5 Å². The van der Waals surface area contributed by atoms with E-state index in [1.807, 2.05) is 31.2 Å². The molecule has 1 unspecified atom stereocenters. The van der Waals surface area contributed by atoms with Crippen molar-refractivity contribution in [3.63, 3.8) is 0 Å². The van der Waals surface area contributed by atoms with Crippen LogP contribution in [0.25, 0.3) is 0 Å². The highest BCUT2D eigenvalue weighted by molar-refractivity contribution is 6.30. The molecule has 1 aliphatic rings. The predicted octanol–water partition coefficient (Wildman–Crippen LogP) is 2.54. The molecule has 1 amide bonds. The molecule has 0 bridgehead atoms. The van der Waals surface area contributed by atoms with E-state index in [0.29, 0.717) is 17.3 Å². The third-order valence-corrected chi connectivity index (χ3v) is 4.51. The Kier molecular flexibility index (Phi) is 4.18. The molecule has 3 rings (SSSR count). The summed E-state index contributed by atoms with van der Waals surface area (Å²) in [6, 6.07) is 7.52. The van der Waals surface area contributed by atoms with Gasteiger partial charge in [0.1, 0.15) is 0 Å².